The Morgan fingerprint density at radius 3 is 1.15 bits per heavy atom. The molecule has 3 N–H and O–H groups in total. The number of aliphatic hydroxyl groups excluding tert-OH is 2. The van der Waals surface area contributed by atoms with Crippen LogP contribution in [0, 0.1) is 0 Å². The number of nitrogens with one attached hydrogen (secondary N) is 1. The van der Waals surface area contributed by atoms with Crippen molar-refractivity contribution in [2.24, 2.45) is 0 Å². The van der Waals surface area contributed by atoms with Gasteiger partial charge in [0.05, 0.1) is 25.2 Å². The summed E-state index contributed by atoms with van der Waals surface area (Å²) in [5.41, 5.74) is 0. The molecule has 0 aliphatic rings. The number of hydrogen-bond acceptors (Lipinski definition) is 5. The van der Waals surface area contributed by atoms with Gasteiger partial charge in [-0.15, -0.1) is 0 Å². The molecule has 0 fully saturated rings. The molecular weight excluding hydrogens is 767 g/mol. The van der Waals surface area contributed by atoms with E-state index in [1.54, 1.807) is 0 Å². The summed E-state index contributed by atoms with van der Waals surface area (Å²) in [6.07, 6.45) is 57.2. The number of amides is 1. The molecule has 0 radical (unpaired) electrons. The smallest absolute Gasteiger partial charge is 0.306 e. The average Bonchev–Trinajstić information content (AvgIpc) is 3.26. The number of hydrogen-bond donors (Lipinski definition) is 3. The average molecular weight is 876 g/mol. The highest BCUT2D eigenvalue weighted by Gasteiger charge is 2.24. The van der Waals surface area contributed by atoms with Gasteiger partial charge >= 0.3 is 5.97 Å². The molecule has 0 bridgehead atoms. The standard InChI is InChI=1S/C56H109NO5/c1-4-7-10-13-16-18-20-22-24-26-27-29-31-33-35-37-40-43-46-49-56(61)62-52(47-44-41-38-15-12-9-6-3)50-55(60)57-53(51-58)54(59)48-45-42-39-36-34-32-30-28-25-23-21-19-17-14-11-8-5-2/h22,24,52-54,58-59H,4-21,23,25-51H2,1-3H3,(H,57,60)/b24-22+. The molecule has 0 spiro atoms. The zero-order chi connectivity index (χ0) is 45.2. The second-order valence-corrected chi connectivity index (χ2v) is 19.3. The van der Waals surface area contributed by atoms with Crippen LogP contribution in [0.5, 0.6) is 0 Å². The van der Waals surface area contributed by atoms with E-state index in [9.17, 15) is 19.8 Å². The molecule has 6 heteroatoms. The van der Waals surface area contributed by atoms with Crippen LogP contribution in [0.1, 0.15) is 310 Å². The summed E-state index contributed by atoms with van der Waals surface area (Å²) in [6, 6.07) is -0.694. The molecule has 0 aromatic rings. The lowest BCUT2D eigenvalue weighted by Gasteiger charge is -2.24. The molecule has 6 nitrogen and oxygen atoms in total. The minimum absolute atomic E-state index is 0.0827. The van der Waals surface area contributed by atoms with Crippen molar-refractivity contribution in [1.29, 1.82) is 0 Å². The van der Waals surface area contributed by atoms with Gasteiger partial charge in [-0.3, -0.25) is 9.59 Å². The molecule has 0 rings (SSSR count). The molecule has 0 aliphatic heterocycles. The third-order valence-corrected chi connectivity index (χ3v) is 13.1. The molecule has 0 aromatic heterocycles. The van der Waals surface area contributed by atoms with Crippen molar-refractivity contribution in [2.75, 3.05) is 6.61 Å². The lowest BCUT2D eigenvalue weighted by Crippen LogP contribution is -2.46. The Labute approximate surface area is 387 Å². The van der Waals surface area contributed by atoms with Crippen LogP contribution in [-0.2, 0) is 14.3 Å². The van der Waals surface area contributed by atoms with Crippen LogP contribution in [0.2, 0.25) is 0 Å². The zero-order valence-corrected chi connectivity index (χ0v) is 42.0. The first-order valence-corrected chi connectivity index (χ1v) is 27.9. The van der Waals surface area contributed by atoms with Gasteiger partial charge in [-0.2, -0.15) is 0 Å². The Balaban J connectivity index is 4.25. The van der Waals surface area contributed by atoms with E-state index in [2.05, 4.69) is 38.2 Å². The van der Waals surface area contributed by atoms with Gasteiger partial charge in [0.15, 0.2) is 0 Å². The number of ether oxygens (including phenoxy) is 1. The topological polar surface area (TPSA) is 95.9 Å². The summed E-state index contributed by atoms with van der Waals surface area (Å²) in [5.74, 6) is -0.462. The van der Waals surface area contributed by atoms with Gasteiger partial charge < -0.3 is 20.3 Å². The van der Waals surface area contributed by atoms with E-state index >= 15 is 0 Å². The highest BCUT2D eigenvalue weighted by molar-refractivity contribution is 5.77. The van der Waals surface area contributed by atoms with Crippen LogP contribution >= 0.6 is 0 Å². The van der Waals surface area contributed by atoms with Crippen molar-refractivity contribution in [3.05, 3.63) is 12.2 Å². The molecule has 3 atom stereocenters. The normalized spacial score (nSPS) is 13.2. The van der Waals surface area contributed by atoms with Crippen molar-refractivity contribution in [1.82, 2.24) is 5.32 Å². The first kappa shape index (κ1) is 60.6. The van der Waals surface area contributed by atoms with Gasteiger partial charge in [-0.05, 0) is 51.4 Å². The highest BCUT2D eigenvalue weighted by Crippen LogP contribution is 2.19. The number of unbranched alkanes of at least 4 members (excludes halogenated alkanes) is 37. The fraction of sp³-hybridized carbons (Fsp3) is 0.929. The molecule has 0 saturated carbocycles. The van der Waals surface area contributed by atoms with Gasteiger partial charge in [0, 0.05) is 6.42 Å². The second kappa shape index (κ2) is 50.6. The number of aliphatic hydroxyl groups is 2. The summed E-state index contributed by atoms with van der Waals surface area (Å²) >= 11 is 0. The molecular formula is C56H109NO5. The summed E-state index contributed by atoms with van der Waals surface area (Å²) in [5, 5.41) is 23.8. The molecule has 62 heavy (non-hydrogen) atoms. The first-order chi connectivity index (χ1) is 30.5. The van der Waals surface area contributed by atoms with Crippen LogP contribution in [0.25, 0.3) is 0 Å². The number of allylic oxidation sites excluding steroid dienone is 2. The first-order valence-electron chi connectivity index (χ1n) is 27.9. The lowest BCUT2D eigenvalue weighted by molar-refractivity contribution is -0.151. The SMILES string of the molecule is CCCCCCCC/C=C/CCCCCCCCCCCC(=O)OC(CCCCCCCCC)CC(=O)NC(CO)C(O)CCCCCCCCCCCCCCCCCCC. The van der Waals surface area contributed by atoms with E-state index in [4.69, 9.17) is 4.74 Å². The van der Waals surface area contributed by atoms with Crippen molar-refractivity contribution < 1.29 is 24.5 Å². The Hall–Kier alpha value is -1.40. The monoisotopic (exact) mass is 876 g/mol. The second-order valence-electron chi connectivity index (χ2n) is 19.3. The minimum atomic E-state index is -0.781. The quantitative estimate of drug-likeness (QED) is 0.0321. The van der Waals surface area contributed by atoms with Gasteiger partial charge in [-0.25, -0.2) is 0 Å². The van der Waals surface area contributed by atoms with E-state index in [1.165, 1.54) is 218 Å². The maximum atomic E-state index is 13.2. The maximum absolute atomic E-state index is 13.2. The molecule has 0 aromatic carbocycles. The third kappa shape index (κ3) is 45.2. The summed E-state index contributed by atoms with van der Waals surface area (Å²) in [4.78, 5) is 26.1. The van der Waals surface area contributed by atoms with E-state index < -0.39 is 18.2 Å². The minimum Gasteiger partial charge on any atom is -0.462 e. The largest absolute Gasteiger partial charge is 0.462 e. The maximum Gasteiger partial charge on any atom is 0.306 e. The fourth-order valence-corrected chi connectivity index (χ4v) is 8.84. The Bertz CT molecular complexity index is 939. The van der Waals surface area contributed by atoms with Crippen LogP contribution < -0.4 is 5.32 Å². The van der Waals surface area contributed by atoms with Crippen molar-refractivity contribution in [3.63, 3.8) is 0 Å². The number of rotatable bonds is 51. The number of esters is 1. The van der Waals surface area contributed by atoms with E-state index in [0.717, 1.165) is 44.9 Å². The molecule has 1 amide bonds. The van der Waals surface area contributed by atoms with Crippen LogP contribution in [-0.4, -0.2) is 46.9 Å². The van der Waals surface area contributed by atoms with Gasteiger partial charge in [0.2, 0.25) is 5.91 Å². The van der Waals surface area contributed by atoms with Gasteiger partial charge in [0.1, 0.15) is 6.10 Å². The van der Waals surface area contributed by atoms with E-state index in [0.29, 0.717) is 19.3 Å². The Morgan fingerprint density at radius 1 is 0.452 bits per heavy atom. The Kier molecular flexibility index (Phi) is 49.5. The third-order valence-electron chi connectivity index (χ3n) is 13.1. The van der Waals surface area contributed by atoms with Gasteiger partial charge in [0.25, 0.3) is 0 Å². The Morgan fingerprint density at radius 2 is 0.774 bits per heavy atom. The van der Waals surface area contributed by atoms with E-state index in [1.807, 2.05) is 0 Å². The zero-order valence-electron chi connectivity index (χ0n) is 42.0. The molecule has 0 saturated heterocycles. The van der Waals surface area contributed by atoms with Crippen LogP contribution in [0.3, 0.4) is 0 Å². The summed E-state index contributed by atoms with van der Waals surface area (Å²) in [7, 11) is 0. The van der Waals surface area contributed by atoms with Crippen molar-refractivity contribution in [3.8, 4) is 0 Å². The van der Waals surface area contributed by atoms with Crippen molar-refractivity contribution >= 4 is 11.9 Å². The predicted octanol–water partition coefficient (Wildman–Crippen LogP) is 16.9. The predicted molar refractivity (Wildman–Crippen MR) is 269 cm³/mol. The molecule has 0 aliphatic carbocycles. The number of carbonyl (C=O) groups is 2. The van der Waals surface area contributed by atoms with Crippen molar-refractivity contribution in [2.45, 2.75) is 328 Å². The molecule has 368 valence electrons. The summed E-state index contributed by atoms with van der Waals surface area (Å²) < 4.78 is 5.92. The van der Waals surface area contributed by atoms with Crippen LogP contribution in [0.15, 0.2) is 12.2 Å². The molecule has 0 heterocycles. The lowest BCUT2D eigenvalue weighted by atomic mass is 10.0. The van der Waals surface area contributed by atoms with E-state index in [-0.39, 0.29) is 24.9 Å². The van der Waals surface area contributed by atoms with Gasteiger partial charge in [-0.1, -0.05) is 258 Å². The summed E-state index contributed by atoms with van der Waals surface area (Å²) in [6.45, 7) is 6.48. The highest BCUT2D eigenvalue weighted by atomic mass is 16.5. The fourth-order valence-electron chi connectivity index (χ4n) is 8.84. The molecule has 3 unspecified atom stereocenters. The van der Waals surface area contributed by atoms with Crippen LogP contribution in [0.4, 0.5) is 0 Å². The number of carbonyl (C=O) groups excluding carboxylic acids is 2.